The van der Waals surface area contributed by atoms with Crippen molar-refractivity contribution in [2.24, 2.45) is 5.92 Å². The van der Waals surface area contributed by atoms with E-state index < -0.39 is 0 Å². The number of aryl methyl sites for hydroxylation is 1. The standard InChI is InChI=1S/C19H24N4O2S/c1-12(2)17-18(25)20-8-9-23(17)10-16(24)22-19-21-15(11-26-19)14-6-4-13(3)5-7-14/h4-7,11-12,17H,8-10H2,1-3H3,(H,20,25)(H,21,22,24). The van der Waals surface area contributed by atoms with E-state index in [9.17, 15) is 9.59 Å². The Kier molecular flexibility index (Phi) is 5.68. The first-order valence-electron chi connectivity index (χ1n) is 8.78. The Morgan fingerprint density at radius 1 is 1.38 bits per heavy atom. The van der Waals surface area contributed by atoms with Gasteiger partial charge in [-0.1, -0.05) is 43.7 Å². The molecule has 1 aliphatic rings. The van der Waals surface area contributed by atoms with Gasteiger partial charge in [-0.2, -0.15) is 0 Å². The number of nitrogens with one attached hydrogen (secondary N) is 2. The second-order valence-corrected chi connectivity index (χ2v) is 7.76. The van der Waals surface area contributed by atoms with Crippen LogP contribution < -0.4 is 10.6 Å². The molecule has 0 spiro atoms. The van der Waals surface area contributed by atoms with Gasteiger partial charge in [-0.3, -0.25) is 14.5 Å². The smallest absolute Gasteiger partial charge is 0.240 e. The van der Waals surface area contributed by atoms with Gasteiger partial charge in [0.1, 0.15) is 0 Å². The van der Waals surface area contributed by atoms with Gasteiger partial charge in [-0.05, 0) is 12.8 Å². The Morgan fingerprint density at radius 2 is 2.12 bits per heavy atom. The molecule has 1 aromatic heterocycles. The number of benzene rings is 1. The molecule has 1 saturated heterocycles. The van der Waals surface area contributed by atoms with Crippen molar-refractivity contribution in [2.75, 3.05) is 25.0 Å². The predicted octanol–water partition coefficient (Wildman–Crippen LogP) is 2.51. The summed E-state index contributed by atoms with van der Waals surface area (Å²) in [6.45, 7) is 7.47. The number of hydrogen-bond acceptors (Lipinski definition) is 5. The van der Waals surface area contributed by atoms with Crippen molar-refractivity contribution >= 4 is 28.3 Å². The van der Waals surface area contributed by atoms with E-state index in [1.54, 1.807) is 0 Å². The number of thiazole rings is 1. The third-order valence-corrected chi connectivity index (χ3v) is 5.19. The summed E-state index contributed by atoms with van der Waals surface area (Å²) >= 11 is 1.41. The van der Waals surface area contributed by atoms with Crippen LogP contribution in [0.5, 0.6) is 0 Å². The van der Waals surface area contributed by atoms with Gasteiger partial charge < -0.3 is 10.6 Å². The lowest BCUT2D eigenvalue weighted by atomic mass is 10.00. The number of rotatable bonds is 5. The molecule has 1 aliphatic heterocycles. The maximum atomic E-state index is 12.4. The number of amides is 2. The fourth-order valence-electron chi connectivity index (χ4n) is 3.17. The molecule has 2 amide bonds. The van der Waals surface area contributed by atoms with E-state index >= 15 is 0 Å². The van der Waals surface area contributed by atoms with Gasteiger partial charge in [0, 0.05) is 24.0 Å². The molecule has 0 bridgehead atoms. The van der Waals surface area contributed by atoms with Gasteiger partial charge in [0.25, 0.3) is 0 Å². The first kappa shape index (κ1) is 18.5. The molecule has 2 aromatic rings. The molecule has 3 rings (SSSR count). The summed E-state index contributed by atoms with van der Waals surface area (Å²) in [5.41, 5.74) is 3.07. The summed E-state index contributed by atoms with van der Waals surface area (Å²) in [6, 6.07) is 7.86. The van der Waals surface area contributed by atoms with Crippen molar-refractivity contribution in [2.45, 2.75) is 26.8 Å². The monoisotopic (exact) mass is 372 g/mol. The molecule has 1 unspecified atom stereocenters. The van der Waals surface area contributed by atoms with Crippen LogP contribution in [0.3, 0.4) is 0 Å². The zero-order chi connectivity index (χ0) is 18.7. The van der Waals surface area contributed by atoms with Gasteiger partial charge in [-0.15, -0.1) is 11.3 Å². The van der Waals surface area contributed by atoms with E-state index in [-0.39, 0.29) is 30.3 Å². The van der Waals surface area contributed by atoms with Crippen molar-refractivity contribution in [3.63, 3.8) is 0 Å². The van der Waals surface area contributed by atoms with Gasteiger partial charge in [0.2, 0.25) is 11.8 Å². The lowest BCUT2D eigenvalue weighted by Crippen LogP contribution is -2.58. The molecule has 0 saturated carbocycles. The molecular weight excluding hydrogens is 348 g/mol. The fourth-order valence-corrected chi connectivity index (χ4v) is 3.90. The molecule has 1 fully saturated rings. The molecule has 2 N–H and O–H groups in total. The summed E-state index contributed by atoms with van der Waals surface area (Å²) in [7, 11) is 0. The highest BCUT2D eigenvalue weighted by Crippen LogP contribution is 2.25. The molecule has 6 nitrogen and oxygen atoms in total. The summed E-state index contributed by atoms with van der Waals surface area (Å²) in [4.78, 5) is 30.9. The average Bonchev–Trinajstić information content (AvgIpc) is 3.03. The summed E-state index contributed by atoms with van der Waals surface area (Å²) < 4.78 is 0. The largest absolute Gasteiger partial charge is 0.353 e. The molecule has 26 heavy (non-hydrogen) atoms. The van der Waals surface area contributed by atoms with Crippen molar-refractivity contribution in [3.8, 4) is 11.3 Å². The van der Waals surface area contributed by atoms with E-state index in [1.807, 2.05) is 55.3 Å². The quantitative estimate of drug-likeness (QED) is 0.846. The Morgan fingerprint density at radius 3 is 2.81 bits per heavy atom. The number of carbonyl (C=O) groups is 2. The maximum Gasteiger partial charge on any atom is 0.240 e. The molecule has 138 valence electrons. The first-order valence-corrected chi connectivity index (χ1v) is 9.66. The van der Waals surface area contributed by atoms with Crippen LogP contribution in [0.15, 0.2) is 29.6 Å². The fraction of sp³-hybridized carbons (Fsp3) is 0.421. The predicted molar refractivity (Wildman–Crippen MR) is 104 cm³/mol. The minimum absolute atomic E-state index is 0.00467. The van der Waals surface area contributed by atoms with Gasteiger partial charge in [0.05, 0.1) is 18.3 Å². The Bertz CT molecular complexity index is 785. The number of hydrogen-bond donors (Lipinski definition) is 2. The molecule has 1 aromatic carbocycles. The van der Waals surface area contributed by atoms with Crippen LogP contribution in [0, 0.1) is 12.8 Å². The number of carbonyl (C=O) groups excluding carboxylic acids is 2. The Hall–Kier alpha value is -2.25. The van der Waals surface area contributed by atoms with Crippen LogP contribution in [-0.4, -0.2) is 47.4 Å². The molecule has 2 heterocycles. The zero-order valence-electron chi connectivity index (χ0n) is 15.3. The second kappa shape index (κ2) is 7.97. The van der Waals surface area contributed by atoms with Crippen LogP contribution in [0.25, 0.3) is 11.3 Å². The van der Waals surface area contributed by atoms with E-state index in [2.05, 4.69) is 15.6 Å². The second-order valence-electron chi connectivity index (χ2n) is 6.90. The maximum absolute atomic E-state index is 12.4. The van der Waals surface area contributed by atoms with E-state index in [4.69, 9.17) is 0 Å². The summed E-state index contributed by atoms with van der Waals surface area (Å²) in [5, 5.41) is 8.24. The molecule has 7 heteroatoms. The van der Waals surface area contributed by atoms with E-state index in [0.717, 1.165) is 11.3 Å². The van der Waals surface area contributed by atoms with Crippen LogP contribution in [0.1, 0.15) is 19.4 Å². The summed E-state index contributed by atoms with van der Waals surface area (Å²) in [5.74, 6) is 0.00112. The van der Waals surface area contributed by atoms with Crippen molar-refractivity contribution in [3.05, 3.63) is 35.2 Å². The third kappa shape index (κ3) is 4.28. The normalized spacial score (nSPS) is 18.0. The van der Waals surface area contributed by atoms with Gasteiger partial charge >= 0.3 is 0 Å². The number of piperazine rings is 1. The highest BCUT2D eigenvalue weighted by atomic mass is 32.1. The minimum atomic E-state index is -0.270. The molecular formula is C19H24N4O2S. The number of nitrogens with zero attached hydrogens (tertiary/aromatic N) is 2. The van der Waals surface area contributed by atoms with Crippen molar-refractivity contribution in [1.29, 1.82) is 0 Å². The van der Waals surface area contributed by atoms with Crippen LogP contribution >= 0.6 is 11.3 Å². The van der Waals surface area contributed by atoms with Crippen LogP contribution in [0.4, 0.5) is 5.13 Å². The number of aromatic nitrogens is 1. The van der Waals surface area contributed by atoms with Crippen LogP contribution in [-0.2, 0) is 9.59 Å². The lowest BCUT2D eigenvalue weighted by molar-refractivity contribution is -0.132. The minimum Gasteiger partial charge on any atom is -0.353 e. The Balaban J connectivity index is 1.63. The zero-order valence-corrected chi connectivity index (χ0v) is 16.1. The van der Waals surface area contributed by atoms with Crippen molar-refractivity contribution in [1.82, 2.24) is 15.2 Å². The first-order chi connectivity index (χ1) is 12.4. The highest BCUT2D eigenvalue weighted by Gasteiger charge is 2.33. The average molecular weight is 372 g/mol. The van der Waals surface area contributed by atoms with Crippen LogP contribution in [0.2, 0.25) is 0 Å². The van der Waals surface area contributed by atoms with E-state index in [1.165, 1.54) is 16.9 Å². The van der Waals surface area contributed by atoms with Crippen molar-refractivity contribution < 1.29 is 9.59 Å². The SMILES string of the molecule is Cc1ccc(-c2csc(NC(=O)CN3CCNC(=O)C3C(C)C)n2)cc1. The van der Waals surface area contributed by atoms with E-state index in [0.29, 0.717) is 18.2 Å². The molecule has 0 aliphatic carbocycles. The molecule has 1 atom stereocenters. The van der Waals surface area contributed by atoms with Gasteiger partial charge in [0.15, 0.2) is 5.13 Å². The molecule has 0 radical (unpaired) electrons. The Labute approximate surface area is 157 Å². The lowest BCUT2D eigenvalue weighted by Gasteiger charge is -2.36. The number of anilines is 1. The summed E-state index contributed by atoms with van der Waals surface area (Å²) in [6.07, 6.45) is 0. The topological polar surface area (TPSA) is 74.3 Å². The third-order valence-electron chi connectivity index (χ3n) is 4.44. The highest BCUT2D eigenvalue weighted by molar-refractivity contribution is 7.14. The van der Waals surface area contributed by atoms with Gasteiger partial charge in [-0.25, -0.2) is 4.98 Å².